The van der Waals surface area contributed by atoms with Gasteiger partial charge in [-0.2, -0.15) is 0 Å². The Morgan fingerprint density at radius 3 is 2.33 bits per heavy atom. The number of carboxylic acid groups (broad SMARTS) is 1. The van der Waals surface area contributed by atoms with Crippen molar-refractivity contribution in [1.29, 1.82) is 0 Å². The Balaban J connectivity index is 2.26. The third-order valence-corrected chi connectivity index (χ3v) is 4.00. The topological polar surface area (TPSA) is 66.3 Å². The summed E-state index contributed by atoms with van der Waals surface area (Å²) < 4.78 is 0. The second-order valence-electron chi connectivity index (χ2n) is 5.44. The first-order valence-electron chi connectivity index (χ1n) is 7.99. The van der Waals surface area contributed by atoms with Gasteiger partial charge in [-0.25, -0.2) is 14.8 Å². The van der Waals surface area contributed by atoms with Gasteiger partial charge in [0.2, 0.25) is 0 Å². The molecule has 5 heteroatoms. The zero-order valence-corrected chi connectivity index (χ0v) is 13.7. The van der Waals surface area contributed by atoms with Crippen LogP contribution in [-0.2, 0) is 0 Å². The van der Waals surface area contributed by atoms with Crippen molar-refractivity contribution < 1.29 is 9.90 Å². The van der Waals surface area contributed by atoms with Crippen LogP contribution in [0.1, 0.15) is 24.2 Å². The van der Waals surface area contributed by atoms with Crippen molar-refractivity contribution in [2.75, 3.05) is 18.0 Å². The first-order valence-corrected chi connectivity index (χ1v) is 7.99. The van der Waals surface area contributed by atoms with Crippen LogP contribution < -0.4 is 4.90 Å². The van der Waals surface area contributed by atoms with Crippen LogP contribution in [0.3, 0.4) is 0 Å². The summed E-state index contributed by atoms with van der Waals surface area (Å²) in [4.78, 5) is 22.8. The number of carbonyl (C=O) groups is 1. The molecule has 3 rings (SSSR count). The first kappa shape index (κ1) is 15.9. The van der Waals surface area contributed by atoms with Crippen molar-refractivity contribution in [3.05, 3.63) is 54.1 Å². The predicted molar refractivity (Wildman–Crippen MR) is 95.5 cm³/mol. The minimum atomic E-state index is -0.963. The van der Waals surface area contributed by atoms with Gasteiger partial charge in [0.05, 0.1) is 16.6 Å². The number of hydrogen-bond donors (Lipinski definition) is 1. The van der Waals surface area contributed by atoms with Crippen molar-refractivity contribution in [3.8, 4) is 11.3 Å². The van der Waals surface area contributed by atoms with E-state index in [2.05, 4.69) is 18.7 Å². The maximum atomic E-state index is 11.2. The lowest BCUT2D eigenvalue weighted by Crippen LogP contribution is -2.24. The first-order chi connectivity index (χ1) is 11.6. The summed E-state index contributed by atoms with van der Waals surface area (Å²) in [5.74, 6) is -0.184. The molecule has 122 valence electrons. The molecule has 3 aromatic rings. The summed E-state index contributed by atoms with van der Waals surface area (Å²) in [5.41, 5.74) is 3.31. The molecule has 1 N–H and O–H groups in total. The number of hydrogen-bond acceptors (Lipinski definition) is 4. The SMILES string of the molecule is CCN(CC)c1nc2cc(C(=O)O)ccc2nc1-c1ccccc1. The summed E-state index contributed by atoms with van der Waals surface area (Å²) >= 11 is 0. The van der Waals surface area contributed by atoms with E-state index in [9.17, 15) is 9.90 Å². The lowest BCUT2D eigenvalue weighted by atomic mass is 10.1. The number of carboxylic acids is 1. The second kappa shape index (κ2) is 6.66. The summed E-state index contributed by atoms with van der Waals surface area (Å²) in [5, 5.41) is 9.19. The van der Waals surface area contributed by atoms with Gasteiger partial charge in [0.25, 0.3) is 0 Å². The highest BCUT2D eigenvalue weighted by atomic mass is 16.4. The quantitative estimate of drug-likeness (QED) is 0.773. The molecule has 0 aliphatic heterocycles. The lowest BCUT2D eigenvalue weighted by Gasteiger charge is -2.22. The third-order valence-electron chi connectivity index (χ3n) is 4.00. The van der Waals surface area contributed by atoms with E-state index in [1.165, 1.54) is 0 Å². The van der Waals surface area contributed by atoms with Crippen LogP contribution in [0.25, 0.3) is 22.3 Å². The van der Waals surface area contributed by atoms with E-state index in [1.807, 2.05) is 30.3 Å². The summed E-state index contributed by atoms with van der Waals surface area (Å²) in [6.07, 6.45) is 0. The minimum Gasteiger partial charge on any atom is -0.478 e. The van der Waals surface area contributed by atoms with Crippen molar-refractivity contribution in [2.24, 2.45) is 0 Å². The van der Waals surface area contributed by atoms with Crippen molar-refractivity contribution >= 4 is 22.8 Å². The van der Waals surface area contributed by atoms with Crippen molar-refractivity contribution in [2.45, 2.75) is 13.8 Å². The van der Waals surface area contributed by atoms with Crippen LogP contribution in [0, 0.1) is 0 Å². The fourth-order valence-electron chi connectivity index (χ4n) is 2.71. The number of benzene rings is 2. The molecule has 0 unspecified atom stereocenters. The van der Waals surface area contributed by atoms with Gasteiger partial charge < -0.3 is 10.0 Å². The van der Waals surface area contributed by atoms with Gasteiger partial charge in [-0.15, -0.1) is 0 Å². The Bertz CT molecular complexity index is 874. The molecule has 1 heterocycles. The molecule has 0 amide bonds. The summed E-state index contributed by atoms with van der Waals surface area (Å²) in [6.45, 7) is 5.74. The fourth-order valence-corrected chi connectivity index (χ4v) is 2.71. The molecular formula is C19H19N3O2. The van der Waals surface area contributed by atoms with Gasteiger partial charge in [0, 0.05) is 18.7 Å². The highest BCUT2D eigenvalue weighted by molar-refractivity contribution is 5.93. The molecule has 0 fully saturated rings. The number of nitrogens with zero attached hydrogens (tertiary/aromatic N) is 3. The second-order valence-corrected chi connectivity index (χ2v) is 5.44. The molecule has 0 aliphatic carbocycles. The van der Waals surface area contributed by atoms with E-state index in [0.717, 1.165) is 30.2 Å². The molecule has 0 atom stereocenters. The minimum absolute atomic E-state index is 0.217. The van der Waals surface area contributed by atoms with Crippen LogP contribution >= 0.6 is 0 Å². The van der Waals surface area contributed by atoms with Gasteiger partial charge >= 0.3 is 5.97 Å². The van der Waals surface area contributed by atoms with Crippen LogP contribution in [0.2, 0.25) is 0 Å². The lowest BCUT2D eigenvalue weighted by molar-refractivity contribution is 0.0697. The van der Waals surface area contributed by atoms with E-state index in [4.69, 9.17) is 9.97 Å². The molecule has 0 aliphatic rings. The average Bonchev–Trinajstić information content (AvgIpc) is 2.62. The molecule has 0 saturated heterocycles. The van der Waals surface area contributed by atoms with E-state index < -0.39 is 5.97 Å². The largest absolute Gasteiger partial charge is 0.478 e. The number of anilines is 1. The Labute approximate surface area is 140 Å². The zero-order valence-electron chi connectivity index (χ0n) is 13.7. The summed E-state index contributed by atoms with van der Waals surface area (Å²) in [7, 11) is 0. The Morgan fingerprint density at radius 1 is 1.00 bits per heavy atom. The third kappa shape index (κ3) is 2.93. The summed E-state index contributed by atoms with van der Waals surface area (Å²) in [6, 6.07) is 14.8. The number of rotatable bonds is 5. The van der Waals surface area contributed by atoms with Crippen LogP contribution in [0.5, 0.6) is 0 Å². The number of aromatic carboxylic acids is 1. The van der Waals surface area contributed by atoms with Gasteiger partial charge in [0.15, 0.2) is 5.82 Å². The predicted octanol–water partition coefficient (Wildman–Crippen LogP) is 3.84. The molecule has 5 nitrogen and oxygen atoms in total. The van der Waals surface area contributed by atoms with Gasteiger partial charge in [-0.05, 0) is 32.0 Å². The molecule has 24 heavy (non-hydrogen) atoms. The maximum Gasteiger partial charge on any atom is 0.335 e. The zero-order chi connectivity index (χ0) is 17.1. The van der Waals surface area contributed by atoms with E-state index in [-0.39, 0.29) is 5.56 Å². The average molecular weight is 321 g/mol. The monoisotopic (exact) mass is 321 g/mol. The van der Waals surface area contributed by atoms with Crippen LogP contribution in [0.4, 0.5) is 5.82 Å². The van der Waals surface area contributed by atoms with Gasteiger partial charge in [-0.3, -0.25) is 0 Å². The van der Waals surface area contributed by atoms with Crippen LogP contribution in [-0.4, -0.2) is 34.1 Å². The molecule has 2 aromatic carbocycles. The van der Waals surface area contributed by atoms with E-state index >= 15 is 0 Å². The van der Waals surface area contributed by atoms with E-state index in [0.29, 0.717) is 11.0 Å². The molecule has 1 aromatic heterocycles. The molecule has 0 spiro atoms. The highest BCUT2D eigenvalue weighted by Gasteiger charge is 2.16. The molecule has 0 radical (unpaired) electrons. The normalized spacial score (nSPS) is 10.8. The standard InChI is InChI=1S/C19H19N3O2/c1-3-22(4-2)18-17(13-8-6-5-7-9-13)20-15-11-10-14(19(23)24)12-16(15)21-18/h5-12H,3-4H2,1-2H3,(H,23,24). The Kier molecular flexibility index (Phi) is 4.42. The van der Waals surface area contributed by atoms with Crippen molar-refractivity contribution in [3.63, 3.8) is 0 Å². The van der Waals surface area contributed by atoms with Crippen molar-refractivity contribution in [1.82, 2.24) is 9.97 Å². The highest BCUT2D eigenvalue weighted by Crippen LogP contribution is 2.29. The van der Waals surface area contributed by atoms with Crippen LogP contribution in [0.15, 0.2) is 48.5 Å². The molecule has 0 bridgehead atoms. The smallest absolute Gasteiger partial charge is 0.335 e. The Morgan fingerprint density at radius 2 is 1.71 bits per heavy atom. The fraction of sp³-hybridized carbons (Fsp3) is 0.211. The van der Waals surface area contributed by atoms with Gasteiger partial charge in [-0.1, -0.05) is 30.3 Å². The number of fused-ring (bicyclic) bond motifs is 1. The number of aromatic nitrogens is 2. The van der Waals surface area contributed by atoms with Gasteiger partial charge in [0.1, 0.15) is 5.69 Å². The molecular weight excluding hydrogens is 302 g/mol. The Hall–Kier alpha value is -2.95. The maximum absolute atomic E-state index is 11.2. The molecule has 0 saturated carbocycles. The van der Waals surface area contributed by atoms with E-state index in [1.54, 1.807) is 18.2 Å².